The normalized spacial score (nSPS) is 13.3. The van der Waals surface area contributed by atoms with Crippen LogP contribution in [0.25, 0.3) is 0 Å². The average molecular weight is 527 g/mol. The maximum atomic E-state index is 12.1. The largest absolute Gasteiger partial charge is 0.479 e. The Morgan fingerprint density at radius 3 is 1.50 bits per heavy atom. The van der Waals surface area contributed by atoms with Gasteiger partial charge in [-0.2, -0.15) is 0 Å². The summed E-state index contributed by atoms with van der Waals surface area (Å²) in [6.45, 7) is 4.27. The van der Waals surface area contributed by atoms with Gasteiger partial charge in [0.15, 0.2) is 6.10 Å². The zero-order valence-corrected chi connectivity index (χ0v) is 24.2. The van der Waals surface area contributed by atoms with Crippen LogP contribution in [0.4, 0.5) is 0 Å². The highest BCUT2D eigenvalue weighted by atomic mass is 16.6. The number of esters is 1. The molecule has 1 atom stereocenters. The molecule has 1 unspecified atom stereocenters. The Bertz CT molecular complexity index is 740. The number of unbranched alkanes of at least 4 members (excludes halogenated alkanes) is 7. The topological polar surface area (TPSA) is 63.6 Å². The van der Waals surface area contributed by atoms with Gasteiger partial charge in [0.05, 0.1) is 0 Å². The minimum Gasteiger partial charge on any atom is -0.479 e. The molecule has 0 aromatic rings. The summed E-state index contributed by atoms with van der Waals surface area (Å²) in [4.78, 5) is 23.5. The number of rotatable bonds is 25. The molecule has 0 aliphatic heterocycles. The molecular weight excluding hydrogens is 472 g/mol. The van der Waals surface area contributed by atoms with Crippen molar-refractivity contribution in [2.24, 2.45) is 0 Å². The molecule has 0 heterocycles. The Morgan fingerprint density at radius 2 is 1.00 bits per heavy atom. The van der Waals surface area contributed by atoms with Crippen LogP contribution in [0.5, 0.6) is 0 Å². The molecular formula is C34H54O4. The molecule has 1 N–H and O–H groups in total. The van der Waals surface area contributed by atoms with Gasteiger partial charge >= 0.3 is 11.9 Å². The molecule has 0 saturated heterocycles. The van der Waals surface area contributed by atoms with Crippen molar-refractivity contribution in [2.75, 3.05) is 0 Å². The highest BCUT2D eigenvalue weighted by Gasteiger charge is 2.21. The molecule has 0 aromatic heterocycles. The van der Waals surface area contributed by atoms with Gasteiger partial charge in [0.2, 0.25) is 0 Å². The molecule has 0 spiro atoms. The van der Waals surface area contributed by atoms with Crippen LogP contribution in [-0.4, -0.2) is 23.1 Å². The summed E-state index contributed by atoms with van der Waals surface area (Å²) in [6.07, 6.45) is 40.7. The average Bonchev–Trinajstić information content (AvgIpc) is 2.90. The van der Waals surface area contributed by atoms with E-state index >= 15 is 0 Å². The van der Waals surface area contributed by atoms with Gasteiger partial charge in [-0.05, 0) is 83.5 Å². The van der Waals surface area contributed by atoms with Crippen LogP contribution in [0.15, 0.2) is 72.9 Å². The van der Waals surface area contributed by atoms with Gasteiger partial charge in [-0.25, -0.2) is 4.79 Å². The van der Waals surface area contributed by atoms with Crippen molar-refractivity contribution in [1.29, 1.82) is 0 Å². The number of carboxylic acid groups (broad SMARTS) is 1. The van der Waals surface area contributed by atoms with E-state index in [0.29, 0.717) is 12.8 Å². The summed E-state index contributed by atoms with van der Waals surface area (Å²) in [5.74, 6) is -1.44. The molecule has 0 fully saturated rings. The van der Waals surface area contributed by atoms with Crippen LogP contribution in [0.1, 0.15) is 123 Å². The molecule has 0 aliphatic carbocycles. The van der Waals surface area contributed by atoms with Crippen LogP contribution >= 0.6 is 0 Å². The molecule has 0 radical (unpaired) electrons. The fourth-order valence-corrected chi connectivity index (χ4v) is 3.76. The summed E-state index contributed by atoms with van der Waals surface area (Å²) in [5.41, 5.74) is 0. The molecule has 0 aliphatic rings. The van der Waals surface area contributed by atoms with E-state index in [1.165, 1.54) is 0 Å². The van der Waals surface area contributed by atoms with Crippen molar-refractivity contribution in [3.8, 4) is 0 Å². The van der Waals surface area contributed by atoms with E-state index in [0.717, 1.165) is 96.3 Å². The van der Waals surface area contributed by atoms with Gasteiger partial charge in [0.25, 0.3) is 0 Å². The zero-order chi connectivity index (χ0) is 27.9. The molecule has 4 heteroatoms. The smallest absolute Gasteiger partial charge is 0.345 e. The lowest BCUT2D eigenvalue weighted by Crippen LogP contribution is -2.27. The van der Waals surface area contributed by atoms with E-state index < -0.39 is 12.1 Å². The highest BCUT2D eigenvalue weighted by molar-refractivity contribution is 5.77. The molecule has 4 nitrogen and oxygen atoms in total. The Kier molecular flexibility index (Phi) is 26.9. The number of aliphatic carboxylic acids is 1. The van der Waals surface area contributed by atoms with Crippen molar-refractivity contribution in [2.45, 2.75) is 129 Å². The van der Waals surface area contributed by atoms with E-state index in [9.17, 15) is 14.7 Å². The first kappa shape index (κ1) is 35.4. The Labute approximate surface area is 233 Å². The van der Waals surface area contributed by atoms with E-state index in [2.05, 4.69) is 86.8 Å². The van der Waals surface area contributed by atoms with Gasteiger partial charge in [-0.3, -0.25) is 4.79 Å². The van der Waals surface area contributed by atoms with Crippen molar-refractivity contribution in [3.05, 3.63) is 72.9 Å². The highest BCUT2D eigenvalue weighted by Crippen LogP contribution is 2.12. The number of carbonyl (C=O) groups is 2. The molecule has 38 heavy (non-hydrogen) atoms. The molecule has 0 rings (SSSR count). The summed E-state index contributed by atoms with van der Waals surface area (Å²) >= 11 is 0. The van der Waals surface area contributed by atoms with Crippen molar-refractivity contribution >= 4 is 11.9 Å². The van der Waals surface area contributed by atoms with Gasteiger partial charge in [0.1, 0.15) is 0 Å². The third kappa shape index (κ3) is 26.4. The first-order valence-corrected chi connectivity index (χ1v) is 14.9. The van der Waals surface area contributed by atoms with E-state index in [1.54, 1.807) is 0 Å². The molecule has 0 bridgehead atoms. The van der Waals surface area contributed by atoms with Gasteiger partial charge in [0, 0.05) is 6.42 Å². The van der Waals surface area contributed by atoms with Crippen molar-refractivity contribution < 1.29 is 19.4 Å². The maximum Gasteiger partial charge on any atom is 0.345 e. The standard InChI is InChI=1S/C34H54O4/c1-3-5-7-9-11-13-15-17-18-19-21-23-25-27-29-31-33(35)38-32(34(36)37)30-28-26-24-22-20-16-14-12-10-8-6-4-2/h5-8,11-14,17-18,20,22,32H,3-4,9-10,15-16,19,21,23-31H2,1-2H3,(H,36,37)/b7-5-,8-6?,13-11-,14-12?,18-17-,22-20?. The first-order valence-electron chi connectivity index (χ1n) is 14.9. The Hall–Kier alpha value is -2.62. The summed E-state index contributed by atoms with van der Waals surface area (Å²) in [6, 6.07) is 0. The van der Waals surface area contributed by atoms with E-state index in [-0.39, 0.29) is 5.97 Å². The summed E-state index contributed by atoms with van der Waals surface area (Å²) < 4.78 is 5.24. The quantitative estimate of drug-likeness (QED) is 0.0730. The monoisotopic (exact) mass is 526 g/mol. The van der Waals surface area contributed by atoms with Gasteiger partial charge in [-0.1, -0.05) is 106 Å². The summed E-state index contributed by atoms with van der Waals surface area (Å²) in [5, 5.41) is 9.39. The fourth-order valence-electron chi connectivity index (χ4n) is 3.76. The number of hydrogen-bond donors (Lipinski definition) is 1. The molecule has 0 amide bonds. The SMILES string of the molecule is CCC=CCC=CCC=CCCCCC(OC(=O)CCCCCCC/C=C\C/C=C\C/C=C\CC)C(=O)O. The number of allylic oxidation sites excluding steroid dienone is 12. The molecule has 0 saturated carbocycles. The predicted molar refractivity (Wildman–Crippen MR) is 162 cm³/mol. The molecule has 0 aromatic carbocycles. The second-order valence-electron chi connectivity index (χ2n) is 9.50. The van der Waals surface area contributed by atoms with E-state index in [1.807, 2.05) is 0 Å². The summed E-state index contributed by atoms with van der Waals surface area (Å²) in [7, 11) is 0. The van der Waals surface area contributed by atoms with Crippen LogP contribution in [0.3, 0.4) is 0 Å². The van der Waals surface area contributed by atoms with Crippen LogP contribution in [0, 0.1) is 0 Å². The second-order valence-corrected chi connectivity index (χ2v) is 9.50. The third-order valence-corrected chi connectivity index (χ3v) is 5.95. The lowest BCUT2D eigenvalue weighted by Gasteiger charge is -2.13. The minimum atomic E-state index is -1.05. The van der Waals surface area contributed by atoms with Crippen LogP contribution in [-0.2, 0) is 14.3 Å². The van der Waals surface area contributed by atoms with Gasteiger partial charge in [-0.15, -0.1) is 0 Å². The first-order chi connectivity index (χ1) is 18.6. The van der Waals surface area contributed by atoms with Crippen molar-refractivity contribution in [3.63, 3.8) is 0 Å². The zero-order valence-electron chi connectivity index (χ0n) is 24.2. The van der Waals surface area contributed by atoms with Gasteiger partial charge < -0.3 is 9.84 Å². The number of carboxylic acids is 1. The lowest BCUT2D eigenvalue weighted by atomic mass is 10.1. The van der Waals surface area contributed by atoms with Crippen LogP contribution < -0.4 is 0 Å². The van der Waals surface area contributed by atoms with Crippen LogP contribution in [0.2, 0.25) is 0 Å². The maximum absolute atomic E-state index is 12.1. The molecule has 214 valence electrons. The van der Waals surface area contributed by atoms with Crippen molar-refractivity contribution in [1.82, 2.24) is 0 Å². The number of carbonyl (C=O) groups excluding carboxylic acids is 1. The number of ether oxygens (including phenoxy) is 1. The Morgan fingerprint density at radius 1 is 0.579 bits per heavy atom. The minimum absolute atomic E-state index is 0.300. The second kappa shape index (κ2) is 28.9. The Balaban J connectivity index is 3.77. The van der Waals surface area contributed by atoms with E-state index in [4.69, 9.17) is 4.74 Å². The lowest BCUT2D eigenvalue weighted by molar-refractivity contribution is -0.164. The predicted octanol–water partition coefficient (Wildman–Crippen LogP) is 9.99. The fraction of sp³-hybridized carbons (Fsp3) is 0.588. The number of hydrogen-bond acceptors (Lipinski definition) is 3. The third-order valence-electron chi connectivity index (χ3n) is 5.95.